The minimum Gasteiger partial charge on any atom is -0.469 e. The molecule has 96 valence electrons. The number of methoxy groups -OCH3 is 1. The highest BCUT2D eigenvalue weighted by Gasteiger charge is 2.00. The van der Waals surface area contributed by atoms with Crippen molar-refractivity contribution in [1.29, 1.82) is 0 Å². The van der Waals surface area contributed by atoms with Crippen molar-refractivity contribution in [3.63, 3.8) is 0 Å². The van der Waals surface area contributed by atoms with Crippen LogP contribution in [0, 0.1) is 0 Å². The number of ether oxygens (including phenoxy) is 1. The molecule has 0 aromatic rings. The van der Waals surface area contributed by atoms with Crippen LogP contribution in [0.5, 0.6) is 0 Å². The third kappa shape index (κ3) is 11.3. The highest BCUT2D eigenvalue weighted by Crippen LogP contribution is 1.99. The zero-order valence-electron chi connectivity index (χ0n) is 9.88. The van der Waals surface area contributed by atoms with E-state index in [1.807, 2.05) is 0 Å². The molecule has 0 atom stereocenters. The zero-order chi connectivity index (χ0) is 11.5. The van der Waals surface area contributed by atoms with Gasteiger partial charge in [-0.2, -0.15) is 0 Å². The molecule has 16 heavy (non-hydrogen) atoms. The molecule has 0 rings (SSSR count). The largest absolute Gasteiger partial charge is 0.469 e. The predicted molar refractivity (Wildman–Crippen MR) is 64.7 cm³/mol. The van der Waals surface area contributed by atoms with Gasteiger partial charge in [-0.15, -0.1) is 12.4 Å². The van der Waals surface area contributed by atoms with E-state index in [4.69, 9.17) is 0 Å². The van der Waals surface area contributed by atoms with Gasteiger partial charge in [0.05, 0.1) is 13.7 Å². The van der Waals surface area contributed by atoms with E-state index in [0.717, 1.165) is 19.3 Å². The predicted octanol–water partition coefficient (Wildman–Crippen LogP) is 0.477. The Balaban J connectivity index is 0. The number of hydrogen-bond donors (Lipinski definition) is 2. The van der Waals surface area contributed by atoms with E-state index >= 15 is 0 Å². The molecule has 0 saturated carbocycles. The Morgan fingerprint density at radius 1 is 1.19 bits per heavy atom. The summed E-state index contributed by atoms with van der Waals surface area (Å²) in [5, 5.41) is 5.54. The maximum atomic E-state index is 11.0. The fourth-order valence-electron chi connectivity index (χ4n) is 1.12. The van der Waals surface area contributed by atoms with E-state index in [9.17, 15) is 9.59 Å². The van der Waals surface area contributed by atoms with Gasteiger partial charge in [0, 0.05) is 13.0 Å². The molecule has 0 saturated heterocycles. The van der Waals surface area contributed by atoms with Crippen molar-refractivity contribution in [2.24, 2.45) is 0 Å². The Labute approximate surface area is 103 Å². The van der Waals surface area contributed by atoms with E-state index in [-0.39, 0.29) is 24.3 Å². The Kier molecular flexibility index (Phi) is 13.5. The maximum Gasteiger partial charge on any atom is 0.305 e. The highest BCUT2D eigenvalue weighted by atomic mass is 35.5. The van der Waals surface area contributed by atoms with Crippen molar-refractivity contribution < 1.29 is 14.3 Å². The summed E-state index contributed by atoms with van der Waals surface area (Å²) in [5.41, 5.74) is 0. The van der Waals surface area contributed by atoms with Crippen LogP contribution in [-0.2, 0) is 14.3 Å². The van der Waals surface area contributed by atoms with Crippen molar-refractivity contribution in [1.82, 2.24) is 10.6 Å². The van der Waals surface area contributed by atoms with Crippen LogP contribution >= 0.6 is 12.4 Å². The Hall–Kier alpha value is -0.810. The molecule has 0 fully saturated rings. The number of unbranched alkanes of at least 4 members (excludes halogenated alkanes) is 2. The lowest BCUT2D eigenvalue weighted by atomic mass is 10.2. The summed E-state index contributed by atoms with van der Waals surface area (Å²) in [6.45, 7) is 1.02. The molecule has 0 aromatic carbocycles. The number of rotatable bonds is 8. The average molecular weight is 253 g/mol. The molecular formula is C10H21ClN2O3. The number of esters is 1. The van der Waals surface area contributed by atoms with E-state index in [1.54, 1.807) is 7.05 Å². The van der Waals surface area contributed by atoms with Gasteiger partial charge in [0.25, 0.3) is 0 Å². The second-order valence-electron chi connectivity index (χ2n) is 3.27. The number of carbonyl (C=O) groups is 2. The monoisotopic (exact) mass is 252 g/mol. The van der Waals surface area contributed by atoms with Gasteiger partial charge in [-0.25, -0.2) is 0 Å². The third-order valence-electron chi connectivity index (χ3n) is 1.94. The van der Waals surface area contributed by atoms with Gasteiger partial charge in [-0.1, -0.05) is 6.42 Å². The molecule has 5 nitrogen and oxygen atoms in total. The molecule has 1 amide bonds. The van der Waals surface area contributed by atoms with Crippen LogP contribution in [0.1, 0.15) is 25.7 Å². The average Bonchev–Trinajstić information content (AvgIpc) is 2.23. The van der Waals surface area contributed by atoms with Crippen molar-refractivity contribution in [2.75, 3.05) is 27.2 Å². The lowest BCUT2D eigenvalue weighted by Crippen LogP contribution is -2.32. The summed E-state index contributed by atoms with van der Waals surface area (Å²) < 4.78 is 4.51. The Morgan fingerprint density at radius 2 is 1.88 bits per heavy atom. The molecule has 0 heterocycles. The number of halogens is 1. The van der Waals surface area contributed by atoms with Gasteiger partial charge in [0.2, 0.25) is 5.91 Å². The van der Waals surface area contributed by atoms with Crippen molar-refractivity contribution in [3.8, 4) is 0 Å². The summed E-state index contributed by atoms with van der Waals surface area (Å²) in [6.07, 6.45) is 3.09. The minimum atomic E-state index is -0.172. The molecule has 0 bridgehead atoms. The van der Waals surface area contributed by atoms with Crippen LogP contribution in [0.25, 0.3) is 0 Å². The zero-order valence-corrected chi connectivity index (χ0v) is 10.7. The highest BCUT2D eigenvalue weighted by molar-refractivity contribution is 5.85. The third-order valence-corrected chi connectivity index (χ3v) is 1.94. The van der Waals surface area contributed by atoms with Gasteiger partial charge >= 0.3 is 5.97 Å². The summed E-state index contributed by atoms with van der Waals surface area (Å²) in [5.74, 6) is -0.167. The van der Waals surface area contributed by atoms with Crippen LogP contribution in [0.15, 0.2) is 0 Å². The first-order valence-electron chi connectivity index (χ1n) is 5.18. The number of nitrogens with one attached hydrogen (secondary N) is 2. The smallest absolute Gasteiger partial charge is 0.305 e. The second-order valence-corrected chi connectivity index (χ2v) is 3.27. The van der Waals surface area contributed by atoms with Gasteiger partial charge in [-0.3, -0.25) is 9.59 Å². The van der Waals surface area contributed by atoms with Gasteiger partial charge in [-0.05, 0) is 19.9 Å². The topological polar surface area (TPSA) is 67.4 Å². The van der Waals surface area contributed by atoms with Gasteiger partial charge in [0.15, 0.2) is 0 Å². The first-order valence-corrected chi connectivity index (χ1v) is 5.18. The molecule has 0 aliphatic carbocycles. The number of likely N-dealkylation sites (N-methyl/N-ethyl adjacent to an activating group) is 1. The lowest BCUT2D eigenvalue weighted by Gasteiger charge is -2.04. The first kappa shape index (κ1) is 17.6. The molecule has 0 spiro atoms. The minimum absolute atomic E-state index is 0. The van der Waals surface area contributed by atoms with Crippen LogP contribution in [0.3, 0.4) is 0 Å². The summed E-state index contributed by atoms with van der Waals surface area (Å²) in [7, 11) is 3.12. The SMILES string of the molecule is CNCC(=O)NCCCCCC(=O)OC.Cl. The van der Waals surface area contributed by atoms with Crippen LogP contribution in [0.2, 0.25) is 0 Å². The summed E-state index contributed by atoms with van der Waals surface area (Å²) in [6, 6.07) is 0. The molecule has 6 heteroatoms. The van der Waals surface area contributed by atoms with E-state index in [2.05, 4.69) is 15.4 Å². The number of carbonyl (C=O) groups excluding carboxylic acids is 2. The fraction of sp³-hybridized carbons (Fsp3) is 0.800. The van der Waals surface area contributed by atoms with E-state index in [0.29, 0.717) is 19.5 Å². The lowest BCUT2D eigenvalue weighted by molar-refractivity contribution is -0.140. The van der Waals surface area contributed by atoms with Crippen LogP contribution in [0.4, 0.5) is 0 Å². The van der Waals surface area contributed by atoms with Crippen molar-refractivity contribution >= 4 is 24.3 Å². The van der Waals surface area contributed by atoms with Crippen LogP contribution in [-0.4, -0.2) is 39.1 Å². The molecule has 0 aromatic heterocycles. The molecule has 2 N–H and O–H groups in total. The summed E-state index contributed by atoms with van der Waals surface area (Å²) in [4.78, 5) is 21.7. The van der Waals surface area contributed by atoms with Crippen molar-refractivity contribution in [2.45, 2.75) is 25.7 Å². The second kappa shape index (κ2) is 12.3. The normalized spacial score (nSPS) is 9.12. The summed E-state index contributed by atoms with van der Waals surface area (Å²) >= 11 is 0. The molecule has 0 radical (unpaired) electrons. The van der Waals surface area contributed by atoms with Crippen LogP contribution < -0.4 is 10.6 Å². The van der Waals surface area contributed by atoms with Gasteiger partial charge in [0.1, 0.15) is 0 Å². The fourth-order valence-corrected chi connectivity index (χ4v) is 1.12. The maximum absolute atomic E-state index is 11.0. The Bertz CT molecular complexity index is 201. The standard InChI is InChI=1S/C10H20N2O3.ClH/c1-11-8-9(13)12-7-5-3-4-6-10(14)15-2;/h11H,3-8H2,1-2H3,(H,12,13);1H. The molecule has 0 aliphatic rings. The number of amides is 1. The van der Waals surface area contributed by atoms with E-state index < -0.39 is 0 Å². The van der Waals surface area contributed by atoms with Crippen molar-refractivity contribution in [3.05, 3.63) is 0 Å². The van der Waals surface area contributed by atoms with Gasteiger partial charge < -0.3 is 15.4 Å². The van der Waals surface area contributed by atoms with E-state index in [1.165, 1.54) is 7.11 Å². The molecular weight excluding hydrogens is 232 g/mol. The Morgan fingerprint density at radius 3 is 2.44 bits per heavy atom. The first-order chi connectivity index (χ1) is 7.20. The molecule has 0 aliphatic heterocycles. The molecule has 0 unspecified atom stereocenters. The quantitative estimate of drug-likeness (QED) is 0.487. The number of hydrogen-bond acceptors (Lipinski definition) is 4.